The molecule has 1 aliphatic heterocycles. The predicted octanol–water partition coefficient (Wildman–Crippen LogP) is 4.16. The van der Waals surface area contributed by atoms with Crippen LogP contribution in [-0.4, -0.2) is 31.9 Å². The lowest BCUT2D eigenvalue weighted by molar-refractivity contribution is -0.118. The van der Waals surface area contributed by atoms with Crippen LogP contribution in [0.25, 0.3) is 11.1 Å². The van der Waals surface area contributed by atoms with Gasteiger partial charge in [0.25, 0.3) is 0 Å². The van der Waals surface area contributed by atoms with Gasteiger partial charge in [-0.25, -0.2) is 4.98 Å². The van der Waals surface area contributed by atoms with E-state index in [-0.39, 0.29) is 12.7 Å². The first-order chi connectivity index (χ1) is 15.1. The smallest absolute Gasteiger partial charge is 0.236 e. The predicted molar refractivity (Wildman–Crippen MR) is 115 cm³/mol. The lowest BCUT2D eigenvalue weighted by atomic mass is 9.94. The van der Waals surface area contributed by atoms with E-state index in [2.05, 4.69) is 10.3 Å². The van der Waals surface area contributed by atoms with Crippen LogP contribution >= 0.6 is 0 Å². The maximum absolute atomic E-state index is 13.1. The molecule has 7 nitrogen and oxygen atoms in total. The fraction of sp³-hybridized carbons (Fsp3) is 0.250. The second-order valence-corrected chi connectivity index (χ2v) is 7.60. The number of fused-ring (bicyclic) bond motifs is 1. The number of methoxy groups -OCH3 is 2. The summed E-state index contributed by atoms with van der Waals surface area (Å²) in [6.07, 6.45) is 3.30. The van der Waals surface area contributed by atoms with Crippen LogP contribution < -0.4 is 24.3 Å². The number of nitrogens with zero attached hydrogens (tertiary/aromatic N) is 1. The zero-order chi connectivity index (χ0) is 21.4. The molecular weight excluding hydrogens is 396 g/mol. The molecule has 2 heterocycles. The van der Waals surface area contributed by atoms with Crippen LogP contribution in [0.5, 0.6) is 23.0 Å². The number of amides is 1. The number of nitrogens with one attached hydrogen (secondary N) is 1. The van der Waals surface area contributed by atoms with Gasteiger partial charge in [0, 0.05) is 23.4 Å². The van der Waals surface area contributed by atoms with Crippen LogP contribution in [0.3, 0.4) is 0 Å². The van der Waals surface area contributed by atoms with Gasteiger partial charge in [-0.15, -0.1) is 0 Å². The lowest BCUT2D eigenvalue weighted by Gasteiger charge is -2.16. The number of aromatic nitrogens is 1. The second kappa shape index (κ2) is 7.50. The largest absolute Gasteiger partial charge is 0.497 e. The van der Waals surface area contributed by atoms with Crippen molar-refractivity contribution in [2.75, 3.05) is 26.3 Å². The Balaban J connectivity index is 1.34. The van der Waals surface area contributed by atoms with Crippen LogP contribution in [0, 0.1) is 0 Å². The van der Waals surface area contributed by atoms with E-state index in [1.807, 2.05) is 42.5 Å². The fourth-order valence-electron chi connectivity index (χ4n) is 3.87. The molecule has 0 spiro atoms. The van der Waals surface area contributed by atoms with E-state index in [0.29, 0.717) is 23.1 Å². The van der Waals surface area contributed by atoms with Crippen molar-refractivity contribution < 1.29 is 23.7 Å². The fourth-order valence-corrected chi connectivity index (χ4v) is 3.87. The van der Waals surface area contributed by atoms with Gasteiger partial charge in [0.2, 0.25) is 12.7 Å². The Bertz CT molecular complexity index is 1140. The minimum absolute atomic E-state index is 0.0614. The molecule has 1 N–H and O–H groups in total. The van der Waals surface area contributed by atoms with E-state index in [1.54, 1.807) is 26.5 Å². The molecule has 1 saturated carbocycles. The van der Waals surface area contributed by atoms with Crippen molar-refractivity contribution in [1.29, 1.82) is 0 Å². The number of rotatable bonds is 6. The van der Waals surface area contributed by atoms with Crippen molar-refractivity contribution in [2.45, 2.75) is 18.3 Å². The van der Waals surface area contributed by atoms with E-state index >= 15 is 0 Å². The first-order valence-electron chi connectivity index (χ1n) is 10.0. The van der Waals surface area contributed by atoms with Gasteiger partial charge < -0.3 is 24.3 Å². The highest BCUT2D eigenvalue weighted by atomic mass is 16.7. The summed E-state index contributed by atoms with van der Waals surface area (Å²) in [6.45, 7) is 0.216. The normalized spacial score (nSPS) is 15.3. The molecule has 0 bridgehead atoms. The molecule has 0 unspecified atom stereocenters. The Morgan fingerprint density at radius 2 is 1.84 bits per heavy atom. The third kappa shape index (κ3) is 3.42. The van der Waals surface area contributed by atoms with Crippen LogP contribution in [0.2, 0.25) is 0 Å². The van der Waals surface area contributed by atoms with Gasteiger partial charge in [0.05, 0.1) is 19.6 Å². The summed E-state index contributed by atoms with van der Waals surface area (Å²) in [7, 11) is 3.23. The molecule has 1 aromatic heterocycles. The summed E-state index contributed by atoms with van der Waals surface area (Å²) < 4.78 is 21.6. The Labute approximate surface area is 179 Å². The average molecular weight is 418 g/mol. The minimum atomic E-state index is -0.541. The monoisotopic (exact) mass is 418 g/mol. The number of carbonyl (C=O) groups is 1. The van der Waals surface area contributed by atoms with Gasteiger partial charge in [-0.05, 0) is 54.8 Å². The molecule has 2 aliphatic rings. The molecule has 2 aromatic carbocycles. The summed E-state index contributed by atoms with van der Waals surface area (Å²) in [5, 5.41) is 2.96. The van der Waals surface area contributed by atoms with Gasteiger partial charge in [0.15, 0.2) is 11.5 Å². The Hall–Kier alpha value is -3.74. The summed E-state index contributed by atoms with van der Waals surface area (Å²) in [4.78, 5) is 17.5. The van der Waals surface area contributed by atoms with Gasteiger partial charge >= 0.3 is 0 Å². The molecule has 31 heavy (non-hydrogen) atoms. The van der Waals surface area contributed by atoms with E-state index in [9.17, 15) is 4.79 Å². The molecule has 3 aromatic rings. The van der Waals surface area contributed by atoms with Crippen LogP contribution in [-0.2, 0) is 10.2 Å². The van der Waals surface area contributed by atoms with E-state index in [0.717, 1.165) is 35.3 Å². The molecule has 1 fully saturated rings. The summed E-state index contributed by atoms with van der Waals surface area (Å²) >= 11 is 0. The molecule has 0 atom stereocenters. The Morgan fingerprint density at radius 1 is 1.00 bits per heavy atom. The van der Waals surface area contributed by atoms with Crippen molar-refractivity contribution in [3.8, 4) is 34.1 Å². The first-order valence-corrected chi connectivity index (χ1v) is 10.0. The number of carbonyl (C=O) groups excluding carboxylic acids is 1. The maximum atomic E-state index is 13.1. The minimum Gasteiger partial charge on any atom is -0.497 e. The molecule has 0 saturated heterocycles. The van der Waals surface area contributed by atoms with Gasteiger partial charge in [-0.1, -0.05) is 6.07 Å². The SMILES string of the molecule is COc1ccc(-c2ccc(NC(=O)C3(c4ccc5c(c4)OCO5)CC3)nc2)c(OC)c1. The zero-order valence-corrected chi connectivity index (χ0v) is 17.3. The van der Waals surface area contributed by atoms with E-state index in [4.69, 9.17) is 18.9 Å². The zero-order valence-electron chi connectivity index (χ0n) is 17.3. The second-order valence-electron chi connectivity index (χ2n) is 7.60. The average Bonchev–Trinajstić information content (AvgIpc) is 3.50. The van der Waals surface area contributed by atoms with Crippen molar-refractivity contribution in [3.63, 3.8) is 0 Å². The van der Waals surface area contributed by atoms with Crippen molar-refractivity contribution in [1.82, 2.24) is 4.98 Å². The third-order valence-corrected chi connectivity index (χ3v) is 5.83. The van der Waals surface area contributed by atoms with Crippen LogP contribution in [0.4, 0.5) is 5.82 Å². The van der Waals surface area contributed by atoms with Crippen molar-refractivity contribution in [2.24, 2.45) is 0 Å². The van der Waals surface area contributed by atoms with Crippen LogP contribution in [0.1, 0.15) is 18.4 Å². The first kappa shape index (κ1) is 19.2. The standard InChI is InChI=1S/C24H22N2O5/c1-28-17-5-6-18(20(12-17)29-2)15-3-8-22(25-13-15)26-23(27)24(9-10-24)16-4-7-19-21(11-16)31-14-30-19/h3-8,11-13H,9-10,14H2,1-2H3,(H,25,26,27). The Kier molecular flexibility index (Phi) is 4.66. The van der Waals surface area contributed by atoms with Gasteiger partial charge in [0.1, 0.15) is 17.3 Å². The third-order valence-electron chi connectivity index (χ3n) is 5.83. The summed E-state index contributed by atoms with van der Waals surface area (Å²) in [5.74, 6) is 3.26. The van der Waals surface area contributed by atoms with E-state index < -0.39 is 5.41 Å². The lowest BCUT2D eigenvalue weighted by Crippen LogP contribution is -2.28. The van der Waals surface area contributed by atoms with Gasteiger partial charge in [-0.3, -0.25) is 4.79 Å². The van der Waals surface area contributed by atoms with E-state index in [1.165, 1.54) is 0 Å². The highest BCUT2D eigenvalue weighted by Crippen LogP contribution is 2.51. The molecule has 158 valence electrons. The highest BCUT2D eigenvalue weighted by Gasteiger charge is 2.51. The molecule has 5 rings (SSSR count). The number of pyridine rings is 1. The molecular formula is C24H22N2O5. The van der Waals surface area contributed by atoms with Crippen LogP contribution in [0.15, 0.2) is 54.7 Å². The topological polar surface area (TPSA) is 78.9 Å². The molecule has 0 radical (unpaired) electrons. The number of anilines is 1. The van der Waals surface area contributed by atoms with Gasteiger partial charge in [-0.2, -0.15) is 0 Å². The summed E-state index contributed by atoms with van der Waals surface area (Å²) in [5.41, 5.74) is 2.18. The number of benzene rings is 2. The van der Waals surface area contributed by atoms with Crippen molar-refractivity contribution >= 4 is 11.7 Å². The quantitative estimate of drug-likeness (QED) is 0.648. The molecule has 1 amide bonds. The summed E-state index contributed by atoms with van der Waals surface area (Å²) in [6, 6.07) is 15.0. The van der Waals surface area contributed by atoms with Crippen molar-refractivity contribution in [3.05, 3.63) is 60.3 Å². The Morgan fingerprint density at radius 3 is 2.55 bits per heavy atom. The number of ether oxygens (including phenoxy) is 4. The number of hydrogen-bond acceptors (Lipinski definition) is 6. The maximum Gasteiger partial charge on any atom is 0.236 e. The molecule has 7 heteroatoms. The molecule has 1 aliphatic carbocycles. The highest BCUT2D eigenvalue weighted by molar-refractivity contribution is 6.01. The number of hydrogen-bond donors (Lipinski definition) is 1.